The summed E-state index contributed by atoms with van der Waals surface area (Å²) in [6, 6.07) is 8.24. The summed E-state index contributed by atoms with van der Waals surface area (Å²) in [5, 5.41) is 9.19. The first-order chi connectivity index (χ1) is 9.56. The highest BCUT2D eigenvalue weighted by atomic mass is 32.2. The van der Waals surface area contributed by atoms with Crippen LogP contribution >= 0.6 is 11.3 Å². The fraction of sp³-hybridized carbons (Fsp3) is 0.385. The number of nitrogens with zero attached hydrogens (tertiary/aromatic N) is 2. The fourth-order valence-electron chi connectivity index (χ4n) is 1.85. The van der Waals surface area contributed by atoms with Crippen molar-refractivity contribution >= 4 is 26.5 Å². The van der Waals surface area contributed by atoms with Gasteiger partial charge in [0.25, 0.3) is 10.0 Å². The lowest BCUT2D eigenvalue weighted by atomic mass is 10.1. The monoisotopic (exact) mass is 311 g/mol. The maximum atomic E-state index is 12.1. The molecule has 0 amide bonds. The topological polar surface area (TPSA) is 72.0 Å². The first-order valence-electron chi connectivity index (χ1n) is 6.48. The van der Waals surface area contributed by atoms with Gasteiger partial charge in [-0.25, -0.2) is 8.42 Å². The van der Waals surface area contributed by atoms with Crippen LogP contribution in [-0.2, 0) is 10.0 Å². The van der Waals surface area contributed by atoms with Gasteiger partial charge in [-0.1, -0.05) is 43.4 Å². The summed E-state index contributed by atoms with van der Waals surface area (Å²) in [5.41, 5.74) is 0. The Hall–Kier alpha value is -1.47. The SMILES string of the molecule is CCC(CC)c1nnc(NS(=O)(=O)c2ccccc2)s1. The van der Waals surface area contributed by atoms with Gasteiger partial charge < -0.3 is 0 Å². The van der Waals surface area contributed by atoms with Gasteiger partial charge in [-0.05, 0) is 25.0 Å². The molecular formula is C13H17N3O2S2. The maximum Gasteiger partial charge on any atom is 0.263 e. The van der Waals surface area contributed by atoms with Crippen molar-refractivity contribution in [2.24, 2.45) is 0 Å². The molecule has 20 heavy (non-hydrogen) atoms. The van der Waals surface area contributed by atoms with Crippen molar-refractivity contribution in [2.45, 2.75) is 37.5 Å². The molecule has 0 fully saturated rings. The number of hydrogen-bond acceptors (Lipinski definition) is 5. The lowest BCUT2D eigenvalue weighted by molar-refractivity contribution is 0.601. The molecule has 0 spiro atoms. The molecule has 0 aliphatic heterocycles. The number of benzene rings is 1. The smallest absolute Gasteiger partial charge is 0.253 e. The summed E-state index contributed by atoms with van der Waals surface area (Å²) in [5.74, 6) is 0.336. The van der Waals surface area contributed by atoms with E-state index in [1.54, 1.807) is 30.3 Å². The predicted octanol–water partition coefficient (Wildman–Crippen LogP) is 3.24. The molecule has 2 aromatic rings. The van der Waals surface area contributed by atoms with Crippen LogP contribution < -0.4 is 4.72 Å². The summed E-state index contributed by atoms with van der Waals surface area (Å²) < 4.78 is 26.8. The lowest BCUT2D eigenvalue weighted by Crippen LogP contribution is -2.12. The highest BCUT2D eigenvalue weighted by molar-refractivity contribution is 7.93. The van der Waals surface area contributed by atoms with E-state index in [4.69, 9.17) is 0 Å². The van der Waals surface area contributed by atoms with Gasteiger partial charge in [-0.3, -0.25) is 4.72 Å². The third-order valence-electron chi connectivity index (χ3n) is 3.05. The van der Waals surface area contributed by atoms with Gasteiger partial charge in [0.05, 0.1) is 4.90 Å². The van der Waals surface area contributed by atoms with Crippen molar-refractivity contribution in [3.63, 3.8) is 0 Å². The van der Waals surface area contributed by atoms with Crippen molar-refractivity contribution in [2.75, 3.05) is 4.72 Å². The van der Waals surface area contributed by atoms with Gasteiger partial charge in [0.15, 0.2) is 0 Å². The summed E-state index contributed by atoms with van der Waals surface area (Å²) in [7, 11) is -3.58. The number of aromatic nitrogens is 2. The number of sulfonamides is 1. The number of nitrogens with one attached hydrogen (secondary N) is 1. The molecule has 0 radical (unpaired) electrons. The van der Waals surface area contributed by atoms with Crippen LogP contribution in [0.1, 0.15) is 37.6 Å². The van der Waals surface area contributed by atoms with Gasteiger partial charge >= 0.3 is 0 Å². The quantitative estimate of drug-likeness (QED) is 0.889. The number of anilines is 1. The van der Waals surface area contributed by atoms with Gasteiger partial charge in [-0.2, -0.15) is 0 Å². The molecule has 0 saturated carbocycles. The third-order valence-corrected chi connectivity index (χ3v) is 5.54. The van der Waals surface area contributed by atoms with Crippen molar-refractivity contribution in [3.8, 4) is 0 Å². The zero-order valence-corrected chi connectivity index (χ0v) is 13.0. The molecule has 1 aromatic carbocycles. The summed E-state index contributed by atoms with van der Waals surface area (Å²) in [6.45, 7) is 4.17. The van der Waals surface area contributed by atoms with Gasteiger partial charge in [0, 0.05) is 5.92 Å². The zero-order valence-electron chi connectivity index (χ0n) is 11.4. The standard InChI is InChI=1S/C13H17N3O2S2/c1-3-10(4-2)12-14-15-13(19-12)16-20(17,18)11-8-6-5-7-9-11/h5-10H,3-4H2,1-2H3,(H,15,16). The largest absolute Gasteiger partial charge is 0.263 e. The average molecular weight is 311 g/mol. The molecule has 0 aliphatic carbocycles. The predicted molar refractivity (Wildman–Crippen MR) is 80.5 cm³/mol. The van der Waals surface area contributed by atoms with E-state index in [1.165, 1.54) is 11.3 Å². The Bertz CT molecular complexity index is 649. The molecule has 0 atom stereocenters. The highest BCUT2D eigenvalue weighted by Crippen LogP contribution is 2.29. The van der Waals surface area contributed by atoms with Crippen molar-refractivity contribution in [1.29, 1.82) is 0 Å². The molecule has 2 rings (SSSR count). The Morgan fingerprint density at radius 1 is 1.15 bits per heavy atom. The minimum Gasteiger partial charge on any atom is -0.253 e. The average Bonchev–Trinajstić information content (AvgIpc) is 2.89. The van der Waals surface area contributed by atoms with E-state index in [-0.39, 0.29) is 4.90 Å². The van der Waals surface area contributed by atoms with Crippen LogP contribution in [0.2, 0.25) is 0 Å². The van der Waals surface area contributed by atoms with E-state index >= 15 is 0 Å². The third kappa shape index (κ3) is 3.34. The normalized spacial score (nSPS) is 11.8. The van der Waals surface area contributed by atoms with E-state index in [1.807, 2.05) is 0 Å². The zero-order chi connectivity index (χ0) is 14.6. The lowest BCUT2D eigenvalue weighted by Gasteiger charge is -2.06. The molecule has 0 unspecified atom stereocenters. The second kappa shape index (κ2) is 6.32. The number of hydrogen-bond donors (Lipinski definition) is 1. The molecule has 5 nitrogen and oxygen atoms in total. The Morgan fingerprint density at radius 2 is 1.80 bits per heavy atom. The Morgan fingerprint density at radius 3 is 2.40 bits per heavy atom. The van der Waals surface area contributed by atoms with Crippen LogP contribution in [0.5, 0.6) is 0 Å². The molecule has 7 heteroatoms. The first kappa shape index (κ1) is 14.9. The second-order valence-electron chi connectivity index (χ2n) is 4.38. The van der Waals surface area contributed by atoms with Crippen molar-refractivity contribution in [3.05, 3.63) is 35.3 Å². The van der Waals surface area contributed by atoms with E-state index in [2.05, 4.69) is 28.8 Å². The molecule has 0 bridgehead atoms. The van der Waals surface area contributed by atoms with Crippen LogP contribution in [0.25, 0.3) is 0 Å². The minimum atomic E-state index is -3.58. The molecule has 108 valence electrons. The van der Waals surface area contributed by atoms with Gasteiger partial charge in [-0.15, -0.1) is 10.2 Å². The Balaban J connectivity index is 2.19. The fourth-order valence-corrected chi connectivity index (χ4v) is 4.11. The van der Waals surface area contributed by atoms with Gasteiger partial charge in [0.1, 0.15) is 5.01 Å². The van der Waals surface area contributed by atoms with E-state index < -0.39 is 10.0 Å². The molecule has 0 saturated heterocycles. The van der Waals surface area contributed by atoms with Crippen LogP contribution in [0.4, 0.5) is 5.13 Å². The first-order valence-corrected chi connectivity index (χ1v) is 8.78. The van der Waals surface area contributed by atoms with Crippen LogP contribution in [-0.4, -0.2) is 18.6 Å². The molecule has 0 aliphatic rings. The molecular weight excluding hydrogens is 294 g/mol. The van der Waals surface area contributed by atoms with Gasteiger partial charge in [0.2, 0.25) is 5.13 Å². The summed E-state index contributed by atoms with van der Waals surface area (Å²) in [6.07, 6.45) is 1.94. The molecule has 1 aromatic heterocycles. The number of rotatable bonds is 6. The summed E-state index contributed by atoms with van der Waals surface area (Å²) in [4.78, 5) is 0.222. The van der Waals surface area contributed by atoms with Crippen molar-refractivity contribution < 1.29 is 8.42 Å². The van der Waals surface area contributed by atoms with Crippen LogP contribution in [0.15, 0.2) is 35.2 Å². The van der Waals surface area contributed by atoms with E-state index in [0.29, 0.717) is 11.0 Å². The Labute approximate surface area is 123 Å². The van der Waals surface area contributed by atoms with Crippen LogP contribution in [0, 0.1) is 0 Å². The van der Waals surface area contributed by atoms with E-state index in [0.717, 1.165) is 17.8 Å². The van der Waals surface area contributed by atoms with Crippen molar-refractivity contribution in [1.82, 2.24) is 10.2 Å². The molecule has 1 N–H and O–H groups in total. The minimum absolute atomic E-state index is 0.222. The maximum absolute atomic E-state index is 12.1. The van der Waals surface area contributed by atoms with Crippen LogP contribution in [0.3, 0.4) is 0 Å². The Kier molecular flexibility index (Phi) is 4.72. The molecule has 1 heterocycles. The highest BCUT2D eigenvalue weighted by Gasteiger charge is 2.18. The summed E-state index contributed by atoms with van der Waals surface area (Å²) >= 11 is 1.30. The van der Waals surface area contributed by atoms with E-state index in [9.17, 15) is 8.42 Å². The second-order valence-corrected chi connectivity index (χ2v) is 7.07.